The summed E-state index contributed by atoms with van der Waals surface area (Å²) in [6.45, 7) is 0.112. The number of fused-ring (bicyclic) bond motifs is 1. The van der Waals surface area contributed by atoms with Crippen LogP contribution in [0.3, 0.4) is 0 Å². The number of aliphatic carboxylic acids is 1. The average molecular weight is 980 g/mol. The third-order valence-electron chi connectivity index (χ3n) is 8.67. The number of imidazole rings is 1. The van der Waals surface area contributed by atoms with E-state index in [1.165, 1.54) is 13.8 Å². The Morgan fingerprint density at radius 2 is 1.52 bits per heavy atom. The van der Waals surface area contributed by atoms with Gasteiger partial charge in [-0.2, -0.15) is 4.31 Å². The number of aliphatic hydroxyl groups is 2. The summed E-state index contributed by atoms with van der Waals surface area (Å²) in [5.41, 5.74) is 4.17. The molecule has 3 rings (SSSR count). The number of carboxylic acid groups (broad SMARTS) is 1. The maximum absolute atomic E-state index is 12.7. The highest BCUT2D eigenvalue weighted by atomic mass is 32.2. The van der Waals surface area contributed by atoms with Gasteiger partial charge in [-0.15, -0.1) is 0 Å². The maximum Gasteiger partial charge on any atom is 0.481 e. The number of ether oxygens (including phenoxy) is 1. The minimum atomic E-state index is -5.61. The second kappa shape index (κ2) is 23.5. The highest BCUT2D eigenvalue weighted by molar-refractivity contribution is 8.13. The summed E-state index contributed by atoms with van der Waals surface area (Å²) >= 11 is 0.863. The Labute approximate surface area is 361 Å². The van der Waals surface area contributed by atoms with Crippen molar-refractivity contribution in [2.24, 2.45) is 5.41 Å². The Hall–Kier alpha value is -3.63. The monoisotopic (exact) mass is 979 g/mol. The van der Waals surface area contributed by atoms with E-state index in [-0.39, 0.29) is 97.5 Å². The lowest BCUT2D eigenvalue weighted by atomic mass is 9.87. The molecule has 2 aromatic rings. The zero-order valence-corrected chi connectivity index (χ0v) is 37.0. The molecule has 0 spiro atoms. The smallest absolute Gasteiger partial charge is 0.481 e. The zero-order valence-electron chi connectivity index (χ0n) is 33.5. The van der Waals surface area contributed by atoms with E-state index in [1.807, 2.05) is 0 Å². The molecule has 0 bridgehead atoms. The Bertz CT molecular complexity index is 2120. The molecule has 28 nitrogen and oxygen atoms in total. The van der Waals surface area contributed by atoms with Crippen LogP contribution < -0.4 is 16.4 Å². The van der Waals surface area contributed by atoms with Crippen molar-refractivity contribution in [3.63, 3.8) is 0 Å². The van der Waals surface area contributed by atoms with Crippen LogP contribution in [0.4, 0.5) is 5.82 Å². The van der Waals surface area contributed by atoms with Gasteiger partial charge in [0.05, 0.1) is 26.0 Å². The summed E-state index contributed by atoms with van der Waals surface area (Å²) in [5.74, 6) is -3.28. The lowest BCUT2D eigenvalue weighted by Gasteiger charge is -2.30. The summed E-state index contributed by atoms with van der Waals surface area (Å²) in [5, 5.41) is 34.5. The number of anilines is 1. The van der Waals surface area contributed by atoms with E-state index in [9.17, 15) is 72.2 Å². The zero-order chi connectivity index (χ0) is 47.3. The molecule has 354 valence electrons. The fourth-order valence-corrected chi connectivity index (χ4v) is 8.89. The number of ketones is 2. The van der Waals surface area contributed by atoms with Gasteiger partial charge in [-0.25, -0.2) is 28.6 Å². The number of carbonyl (C=O) groups is 6. The standard InChI is InChI=1S/C31H48N7O21P3S/c1-31(2,26(46)29(47)34-10-9-20(41)33-11-12-63-22(44)8-6-18(40)4-3-17(39)5-7-21(42)43)14-56-62(53,54)59-61(51,52)55-13-19-25(58-60(48,49)50)24(45)30(57-19)38-16-37-23-27(32)35-15-36-28(23)38/h15-16,19,24-26,30,45-46H,3-14H2,1-2H3,(H,33,41)(H,34,47)(H,42,43)(H,51,52)(H,53,54)(H2,32,35,36)(H2,48,49,50). The number of amides is 2. The normalized spacial score (nSPS) is 20.4. The number of hydrogen-bond donors (Lipinski definition) is 10. The molecule has 11 N–H and O–H groups in total. The predicted molar refractivity (Wildman–Crippen MR) is 212 cm³/mol. The number of nitrogens with one attached hydrogen (secondary N) is 2. The van der Waals surface area contributed by atoms with Crippen LogP contribution in [0.2, 0.25) is 0 Å². The van der Waals surface area contributed by atoms with Crippen LogP contribution in [-0.4, -0.2) is 145 Å². The first-order chi connectivity index (χ1) is 29.2. The van der Waals surface area contributed by atoms with Crippen LogP contribution in [-0.2, 0) is 65.1 Å². The molecule has 0 radical (unpaired) electrons. The quantitative estimate of drug-likeness (QED) is 0.0369. The predicted octanol–water partition coefficient (Wildman–Crippen LogP) is -0.772. The summed E-state index contributed by atoms with van der Waals surface area (Å²) in [6.07, 6.45) is -8.09. The van der Waals surface area contributed by atoms with Gasteiger partial charge in [0.2, 0.25) is 11.8 Å². The largest absolute Gasteiger partial charge is 0.481 e. The first-order valence-corrected chi connectivity index (χ1v) is 24.0. The van der Waals surface area contributed by atoms with E-state index < -0.39 is 90.5 Å². The fourth-order valence-electron chi connectivity index (χ4n) is 5.38. The number of aromatic nitrogens is 4. The summed E-state index contributed by atoms with van der Waals surface area (Å²) in [7, 11) is -16.5. The van der Waals surface area contributed by atoms with Crippen molar-refractivity contribution in [2.75, 3.05) is 37.8 Å². The Kier molecular flexibility index (Phi) is 20.1. The van der Waals surface area contributed by atoms with E-state index in [2.05, 4.69) is 34.4 Å². The van der Waals surface area contributed by atoms with Crippen LogP contribution in [0, 0.1) is 5.41 Å². The molecule has 63 heavy (non-hydrogen) atoms. The lowest BCUT2D eigenvalue weighted by molar-refractivity contribution is -0.138. The molecular formula is C31H48N7O21P3S. The molecule has 1 aliphatic heterocycles. The Balaban J connectivity index is 1.39. The molecule has 7 unspecified atom stereocenters. The number of phosphoric acid groups is 3. The number of carbonyl (C=O) groups excluding carboxylic acids is 5. The topological polar surface area (TPSA) is 435 Å². The van der Waals surface area contributed by atoms with Crippen molar-refractivity contribution in [1.82, 2.24) is 30.2 Å². The van der Waals surface area contributed by atoms with Crippen molar-refractivity contribution in [3.05, 3.63) is 12.7 Å². The molecule has 1 fully saturated rings. The molecule has 1 aliphatic rings. The van der Waals surface area contributed by atoms with Gasteiger partial charge in [-0.1, -0.05) is 25.6 Å². The van der Waals surface area contributed by atoms with Gasteiger partial charge in [0.1, 0.15) is 47.8 Å². The SMILES string of the molecule is CC(C)(COP(=O)(O)OP(=O)(O)OCC1OC(n2cnc3c(N)ncnc32)C(O)C1OP(=O)(O)O)C(O)C(=O)NCCC(=O)NCCSC(=O)CCC(=O)CCC(=O)CCC(=O)O. The average Bonchev–Trinajstić information content (AvgIpc) is 3.75. The van der Waals surface area contributed by atoms with Crippen LogP contribution in [0.5, 0.6) is 0 Å². The number of nitrogen functional groups attached to an aromatic ring is 1. The number of carboxylic acids is 1. The van der Waals surface area contributed by atoms with Gasteiger partial charge < -0.3 is 56.0 Å². The summed E-state index contributed by atoms with van der Waals surface area (Å²) < 4.78 is 62.1. The van der Waals surface area contributed by atoms with Crippen molar-refractivity contribution < 1.29 is 100.0 Å². The first kappa shape index (κ1) is 53.7. The second-order valence-electron chi connectivity index (χ2n) is 14.3. The van der Waals surface area contributed by atoms with Gasteiger partial charge in [-0.3, -0.25) is 46.9 Å². The molecule has 0 aliphatic carbocycles. The van der Waals surface area contributed by atoms with Gasteiger partial charge in [0.15, 0.2) is 22.8 Å². The Morgan fingerprint density at radius 1 is 0.905 bits per heavy atom. The lowest BCUT2D eigenvalue weighted by Crippen LogP contribution is -2.46. The number of aliphatic hydroxyl groups excluding tert-OH is 2. The molecular weight excluding hydrogens is 931 g/mol. The minimum absolute atomic E-state index is 0.0121. The maximum atomic E-state index is 12.7. The molecule has 0 saturated carbocycles. The number of nitrogens with two attached hydrogens (primary N) is 1. The third-order valence-corrected chi connectivity index (χ3v) is 12.7. The second-order valence-corrected chi connectivity index (χ2v) is 19.6. The van der Waals surface area contributed by atoms with E-state index in [0.717, 1.165) is 29.0 Å². The Morgan fingerprint density at radius 3 is 2.16 bits per heavy atom. The van der Waals surface area contributed by atoms with E-state index in [4.69, 9.17) is 24.6 Å². The van der Waals surface area contributed by atoms with Crippen molar-refractivity contribution in [2.45, 2.75) is 89.4 Å². The van der Waals surface area contributed by atoms with Crippen LogP contribution in [0.15, 0.2) is 12.7 Å². The molecule has 2 aromatic heterocycles. The summed E-state index contributed by atoms with van der Waals surface area (Å²) in [4.78, 5) is 122. The highest BCUT2D eigenvalue weighted by Gasteiger charge is 2.50. The highest BCUT2D eigenvalue weighted by Crippen LogP contribution is 2.61. The van der Waals surface area contributed by atoms with Crippen LogP contribution >= 0.6 is 35.2 Å². The molecule has 32 heteroatoms. The molecule has 2 amide bonds. The molecule has 0 aromatic carbocycles. The summed E-state index contributed by atoms with van der Waals surface area (Å²) in [6, 6.07) is 0. The first-order valence-electron chi connectivity index (χ1n) is 18.5. The number of Topliss-reactive ketones (excluding diaryl/α,β-unsaturated/α-hetero) is 2. The number of phosphoric ester groups is 3. The van der Waals surface area contributed by atoms with E-state index in [0.29, 0.717) is 0 Å². The van der Waals surface area contributed by atoms with Gasteiger partial charge in [-0.05, 0) is 0 Å². The fraction of sp³-hybridized carbons (Fsp3) is 0.645. The van der Waals surface area contributed by atoms with Crippen molar-refractivity contribution >= 4 is 86.7 Å². The molecule has 3 heterocycles. The van der Waals surface area contributed by atoms with Crippen molar-refractivity contribution in [1.29, 1.82) is 0 Å². The molecule has 7 atom stereocenters. The third kappa shape index (κ3) is 18.0. The number of nitrogens with zero attached hydrogens (tertiary/aromatic N) is 4. The van der Waals surface area contributed by atoms with Gasteiger partial charge in [0, 0.05) is 62.8 Å². The minimum Gasteiger partial charge on any atom is -0.481 e. The van der Waals surface area contributed by atoms with Gasteiger partial charge in [0.25, 0.3) is 0 Å². The number of thioether (sulfide) groups is 1. The van der Waals surface area contributed by atoms with Crippen LogP contribution in [0.25, 0.3) is 11.2 Å². The van der Waals surface area contributed by atoms with E-state index in [1.54, 1.807) is 0 Å². The van der Waals surface area contributed by atoms with Crippen LogP contribution in [0.1, 0.15) is 65.0 Å². The van der Waals surface area contributed by atoms with Gasteiger partial charge >= 0.3 is 29.4 Å². The van der Waals surface area contributed by atoms with E-state index >= 15 is 0 Å². The molecule has 1 saturated heterocycles. The number of rotatable bonds is 28. The van der Waals surface area contributed by atoms with Crippen molar-refractivity contribution in [3.8, 4) is 0 Å². The number of hydrogen-bond acceptors (Lipinski definition) is 21.